The van der Waals surface area contributed by atoms with E-state index < -0.39 is 0 Å². The summed E-state index contributed by atoms with van der Waals surface area (Å²) < 4.78 is 2.03. The summed E-state index contributed by atoms with van der Waals surface area (Å²) in [6.45, 7) is 3.72. The number of hydrogen-bond donors (Lipinski definition) is 2. The zero-order chi connectivity index (χ0) is 12.1. The molecule has 1 heterocycles. The fraction of sp³-hybridized carbons (Fsp3) is 0.636. The number of likely N-dealkylation sites (N-methyl/N-ethyl adjacent to an activating group) is 1. The summed E-state index contributed by atoms with van der Waals surface area (Å²) in [5.74, 6) is 1.46. The van der Waals surface area contributed by atoms with E-state index in [4.69, 9.17) is 11.1 Å². The molecule has 1 atom stereocenters. The van der Waals surface area contributed by atoms with Gasteiger partial charge in [0.15, 0.2) is 0 Å². The lowest BCUT2D eigenvalue weighted by Gasteiger charge is -2.20. The van der Waals surface area contributed by atoms with Gasteiger partial charge in [0.05, 0.1) is 5.84 Å². The van der Waals surface area contributed by atoms with Crippen LogP contribution in [0.25, 0.3) is 0 Å². The molecule has 0 fully saturated rings. The molecule has 5 nitrogen and oxygen atoms in total. The Morgan fingerprint density at radius 3 is 2.88 bits per heavy atom. The molecule has 0 saturated carbocycles. The van der Waals surface area contributed by atoms with Crippen LogP contribution in [0.5, 0.6) is 0 Å². The average Bonchev–Trinajstić information content (AvgIpc) is 2.61. The third kappa shape index (κ3) is 3.66. The van der Waals surface area contributed by atoms with Crippen LogP contribution in [0, 0.1) is 11.3 Å². The molecule has 1 aromatic rings. The number of nitrogens with one attached hydrogen (secondary N) is 1. The molecule has 0 aliphatic heterocycles. The molecule has 1 aromatic heterocycles. The molecular weight excluding hydrogens is 202 g/mol. The number of nitrogens with two attached hydrogens (primary N) is 1. The van der Waals surface area contributed by atoms with Crippen molar-refractivity contribution in [2.75, 3.05) is 20.1 Å². The first-order valence-corrected chi connectivity index (χ1v) is 5.49. The van der Waals surface area contributed by atoms with Gasteiger partial charge in [-0.25, -0.2) is 4.98 Å². The summed E-state index contributed by atoms with van der Waals surface area (Å²) in [6, 6.07) is 0. The van der Waals surface area contributed by atoms with Gasteiger partial charge in [-0.2, -0.15) is 0 Å². The monoisotopic (exact) mass is 223 g/mol. The minimum Gasteiger partial charge on any atom is -0.387 e. The van der Waals surface area contributed by atoms with E-state index in [9.17, 15) is 0 Å². The second-order valence-corrected chi connectivity index (χ2v) is 4.32. The summed E-state index contributed by atoms with van der Waals surface area (Å²) in [4.78, 5) is 6.45. The summed E-state index contributed by atoms with van der Waals surface area (Å²) in [5.41, 5.74) is 5.44. The van der Waals surface area contributed by atoms with Crippen LogP contribution in [0.2, 0.25) is 0 Å². The zero-order valence-corrected chi connectivity index (χ0v) is 10.3. The average molecular weight is 223 g/mol. The summed E-state index contributed by atoms with van der Waals surface area (Å²) in [7, 11) is 4.04. The fourth-order valence-electron chi connectivity index (χ4n) is 1.59. The number of nitrogens with zero attached hydrogens (tertiary/aromatic N) is 3. The molecule has 1 unspecified atom stereocenters. The largest absolute Gasteiger partial charge is 0.387 e. The van der Waals surface area contributed by atoms with Crippen molar-refractivity contribution in [3.05, 3.63) is 18.2 Å². The topological polar surface area (TPSA) is 70.9 Å². The van der Waals surface area contributed by atoms with E-state index in [-0.39, 0.29) is 11.8 Å². The van der Waals surface area contributed by atoms with Crippen molar-refractivity contribution in [3.63, 3.8) is 0 Å². The SMILES string of the molecule is CC(CN(C)CCc1nccn1C)C(=N)N. The number of hydrogen-bond acceptors (Lipinski definition) is 3. The van der Waals surface area contributed by atoms with Gasteiger partial charge in [0.25, 0.3) is 0 Å². The number of aryl methyl sites for hydroxylation is 1. The van der Waals surface area contributed by atoms with Gasteiger partial charge in [-0.15, -0.1) is 0 Å². The van der Waals surface area contributed by atoms with Gasteiger partial charge in [0.1, 0.15) is 5.82 Å². The quantitative estimate of drug-likeness (QED) is 0.544. The van der Waals surface area contributed by atoms with Crippen molar-refractivity contribution >= 4 is 5.84 Å². The van der Waals surface area contributed by atoms with Crippen molar-refractivity contribution in [1.29, 1.82) is 5.41 Å². The van der Waals surface area contributed by atoms with E-state index in [1.807, 2.05) is 38.0 Å². The first-order chi connectivity index (χ1) is 7.50. The lowest BCUT2D eigenvalue weighted by molar-refractivity contribution is 0.314. The Bertz CT molecular complexity index is 344. The van der Waals surface area contributed by atoms with Gasteiger partial charge < -0.3 is 15.2 Å². The molecule has 0 aliphatic carbocycles. The Kier molecular flexibility index (Phi) is 4.49. The number of aromatic nitrogens is 2. The highest BCUT2D eigenvalue weighted by Crippen LogP contribution is 2.00. The van der Waals surface area contributed by atoms with Crippen LogP contribution in [-0.4, -0.2) is 40.4 Å². The first kappa shape index (κ1) is 12.7. The Balaban J connectivity index is 2.33. The van der Waals surface area contributed by atoms with E-state index in [1.165, 1.54) is 0 Å². The lowest BCUT2D eigenvalue weighted by atomic mass is 10.1. The Morgan fingerprint density at radius 1 is 1.69 bits per heavy atom. The van der Waals surface area contributed by atoms with E-state index in [0.29, 0.717) is 0 Å². The number of imidazole rings is 1. The highest BCUT2D eigenvalue weighted by molar-refractivity contribution is 5.79. The molecule has 16 heavy (non-hydrogen) atoms. The minimum atomic E-state index is 0.117. The molecule has 90 valence electrons. The second kappa shape index (κ2) is 5.65. The summed E-state index contributed by atoms with van der Waals surface area (Å²) >= 11 is 0. The standard InChI is InChI=1S/C11H21N5/c1-9(11(12)13)8-15(2)6-4-10-14-5-7-16(10)3/h5,7,9H,4,6,8H2,1-3H3,(H3,12,13). The van der Waals surface area contributed by atoms with Gasteiger partial charge in [-0.05, 0) is 7.05 Å². The van der Waals surface area contributed by atoms with Crippen molar-refractivity contribution in [2.45, 2.75) is 13.3 Å². The maximum absolute atomic E-state index is 7.33. The van der Waals surface area contributed by atoms with Crippen LogP contribution in [-0.2, 0) is 13.5 Å². The van der Waals surface area contributed by atoms with E-state index in [0.717, 1.165) is 25.3 Å². The predicted octanol–water partition coefficient (Wildman–Crippen LogP) is 0.466. The van der Waals surface area contributed by atoms with Crippen LogP contribution >= 0.6 is 0 Å². The Morgan fingerprint density at radius 2 is 2.38 bits per heavy atom. The third-order valence-electron chi connectivity index (χ3n) is 2.75. The van der Waals surface area contributed by atoms with Gasteiger partial charge in [-0.3, -0.25) is 5.41 Å². The van der Waals surface area contributed by atoms with Crippen molar-refractivity contribution < 1.29 is 0 Å². The number of amidine groups is 1. The van der Waals surface area contributed by atoms with Crippen LogP contribution in [0.3, 0.4) is 0 Å². The Labute approximate surface area is 96.8 Å². The molecular formula is C11H21N5. The molecule has 5 heteroatoms. The van der Waals surface area contributed by atoms with Gasteiger partial charge in [0.2, 0.25) is 0 Å². The first-order valence-electron chi connectivity index (χ1n) is 5.49. The molecule has 0 saturated heterocycles. The van der Waals surface area contributed by atoms with E-state index >= 15 is 0 Å². The van der Waals surface area contributed by atoms with Crippen LogP contribution < -0.4 is 5.73 Å². The van der Waals surface area contributed by atoms with Crippen LogP contribution in [0.15, 0.2) is 12.4 Å². The van der Waals surface area contributed by atoms with Crippen LogP contribution in [0.1, 0.15) is 12.7 Å². The molecule has 0 aromatic carbocycles. The van der Waals surface area contributed by atoms with Crippen molar-refractivity contribution in [1.82, 2.24) is 14.5 Å². The lowest BCUT2D eigenvalue weighted by Crippen LogP contribution is -2.33. The molecule has 0 spiro atoms. The molecule has 0 amide bonds. The summed E-state index contributed by atoms with van der Waals surface area (Å²) in [6.07, 6.45) is 4.69. The van der Waals surface area contributed by atoms with Crippen molar-refractivity contribution in [2.24, 2.45) is 18.7 Å². The van der Waals surface area contributed by atoms with Gasteiger partial charge in [-0.1, -0.05) is 6.92 Å². The predicted molar refractivity (Wildman–Crippen MR) is 65.5 cm³/mol. The normalized spacial score (nSPS) is 13.0. The van der Waals surface area contributed by atoms with Gasteiger partial charge in [0, 0.05) is 44.9 Å². The fourth-order valence-corrected chi connectivity index (χ4v) is 1.59. The number of rotatable bonds is 6. The third-order valence-corrected chi connectivity index (χ3v) is 2.75. The highest BCUT2D eigenvalue weighted by atomic mass is 15.1. The van der Waals surface area contributed by atoms with E-state index in [2.05, 4.69) is 9.88 Å². The highest BCUT2D eigenvalue weighted by Gasteiger charge is 2.09. The van der Waals surface area contributed by atoms with Crippen molar-refractivity contribution in [3.8, 4) is 0 Å². The minimum absolute atomic E-state index is 0.117. The van der Waals surface area contributed by atoms with Gasteiger partial charge >= 0.3 is 0 Å². The Hall–Kier alpha value is -1.36. The molecule has 3 N–H and O–H groups in total. The zero-order valence-electron chi connectivity index (χ0n) is 10.3. The smallest absolute Gasteiger partial charge is 0.109 e. The van der Waals surface area contributed by atoms with Crippen LogP contribution in [0.4, 0.5) is 0 Å². The molecule has 0 aliphatic rings. The second-order valence-electron chi connectivity index (χ2n) is 4.32. The molecule has 0 radical (unpaired) electrons. The molecule has 0 bridgehead atoms. The molecule has 1 rings (SSSR count). The van der Waals surface area contributed by atoms with E-state index in [1.54, 1.807) is 0 Å². The maximum Gasteiger partial charge on any atom is 0.109 e. The summed E-state index contributed by atoms with van der Waals surface area (Å²) in [5, 5.41) is 7.33. The maximum atomic E-state index is 7.33.